The fourth-order valence-corrected chi connectivity index (χ4v) is 6.56. The van der Waals surface area contributed by atoms with E-state index >= 15 is 0 Å². The van der Waals surface area contributed by atoms with E-state index in [1.165, 1.54) is 12.1 Å². The molecule has 0 saturated carbocycles. The molecule has 0 radical (unpaired) electrons. The highest BCUT2D eigenvalue weighted by Gasteiger charge is 2.28. The van der Waals surface area contributed by atoms with Crippen LogP contribution in [0.5, 0.6) is 0 Å². The highest BCUT2D eigenvalue weighted by atomic mass is 32.2. The Morgan fingerprint density at radius 1 is 1.15 bits per heavy atom. The van der Waals surface area contributed by atoms with Crippen molar-refractivity contribution >= 4 is 32.7 Å². The summed E-state index contributed by atoms with van der Waals surface area (Å²) < 4.78 is 48.6. The number of amides is 1. The summed E-state index contributed by atoms with van der Waals surface area (Å²) in [5, 5.41) is 5.67. The van der Waals surface area contributed by atoms with Crippen molar-refractivity contribution in [1.82, 2.24) is 24.4 Å². The number of piperidine rings is 1. The number of pyridine rings is 1. The van der Waals surface area contributed by atoms with Gasteiger partial charge in [0.15, 0.2) is 5.65 Å². The monoisotopic (exact) mass is 586 g/mol. The van der Waals surface area contributed by atoms with Crippen LogP contribution in [0.3, 0.4) is 0 Å². The van der Waals surface area contributed by atoms with Gasteiger partial charge in [-0.05, 0) is 87.5 Å². The van der Waals surface area contributed by atoms with Crippen LogP contribution < -0.4 is 9.62 Å². The molecule has 0 spiro atoms. The number of likely N-dealkylation sites (tertiary alicyclic amines) is 1. The van der Waals surface area contributed by atoms with Gasteiger partial charge in [-0.3, -0.25) is 4.79 Å². The van der Waals surface area contributed by atoms with Gasteiger partial charge in [0, 0.05) is 26.8 Å². The predicted molar refractivity (Wildman–Crippen MR) is 157 cm³/mol. The van der Waals surface area contributed by atoms with E-state index in [0.717, 1.165) is 62.2 Å². The lowest BCUT2D eigenvalue weighted by molar-refractivity contribution is 0.0976. The third-order valence-corrected chi connectivity index (χ3v) is 9.26. The number of halogens is 1. The normalized spacial score (nSPS) is 16.9. The van der Waals surface area contributed by atoms with Crippen molar-refractivity contribution in [3.63, 3.8) is 0 Å². The molecule has 1 N–H and O–H groups in total. The molecule has 0 atom stereocenters. The van der Waals surface area contributed by atoms with Crippen LogP contribution >= 0.6 is 0 Å². The number of fused-ring (bicyclic) bond motifs is 1. The van der Waals surface area contributed by atoms with Gasteiger partial charge >= 0.3 is 0 Å². The largest absolute Gasteiger partial charge is 0.384 e. The summed E-state index contributed by atoms with van der Waals surface area (Å²) in [5.74, 6) is -0.797. The summed E-state index contributed by atoms with van der Waals surface area (Å²) in [4.78, 5) is 22.5. The molecule has 0 aliphatic carbocycles. The number of methoxy groups -OCH3 is 1. The van der Waals surface area contributed by atoms with Crippen LogP contribution in [-0.4, -0.2) is 86.2 Å². The zero-order valence-corrected chi connectivity index (χ0v) is 24.8. The topological polar surface area (TPSA) is 110 Å². The molecular formula is C29H39FN6O4S. The summed E-state index contributed by atoms with van der Waals surface area (Å²) in [7, 11) is -2.14. The molecule has 2 aliphatic rings. The van der Waals surface area contributed by atoms with Crippen LogP contribution in [-0.2, 0) is 14.8 Å². The number of ether oxygens (including phenoxy) is 1. The van der Waals surface area contributed by atoms with Crippen LogP contribution in [0, 0.1) is 11.7 Å². The summed E-state index contributed by atoms with van der Waals surface area (Å²) >= 11 is 0. The molecular weight excluding hydrogens is 547 g/mol. The first-order valence-electron chi connectivity index (χ1n) is 14.4. The number of sulfonamides is 1. The summed E-state index contributed by atoms with van der Waals surface area (Å²) in [6, 6.07) is 7.61. The van der Waals surface area contributed by atoms with E-state index in [2.05, 4.69) is 19.5 Å². The number of carbonyl (C=O) groups is 1. The Kier molecular flexibility index (Phi) is 8.91. The highest BCUT2D eigenvalue weighted by Crippen LogP contribution is 2.36. The molecule has 2 saturated heterocycles. The molecule has 4 heterocycles. The lowest BCUT2D eigenvalue weighted by Crippen LogP contribution is -2.39. The Morgan fingerprint density at radius 2 is 1.85 bits per heavy atom. The average molecular weight is 587 g/mol. The minimum Gasteiger partial charge on any atom is -0.384 e. The van der Waals surface area contributed by atoms with E-state index in [1.807, 2.05) is 13.8 Å². The lowest BCUT2D eigenvalue weighted by Gasteiger charge is -2.34. The lowest BCUT2D eigenvalue weighted by atomic mass is 9.96. The fourth-order valence-electron chi connectivity index (χ4n) is 5.56. The first-order valence-corrected chi connectivity index (χ1v) is 16.0. The van der Waals surface area contributed by atoms with Crippen molar-refractivity contribution in [2.45, 2.75) is 45.4 Å². The third-order valence-electron chi connectivity index (χ3n) is 7.94. The third kappa shape index (κ3) is 6.70. The number of aromatic nitrogens is 3. The maximum atomic E-state index is 13.8. The number of rotatable bonds is 11. The van der Waals surface area contributed by atoms with Crippen LogP contribution in [0.2, 0.25) is 0 Å². The second kappa shape index (κ2) is 12.4. The van der Waals surface area contributed by atoms with Crippen molar-refractivity contribution < 1.29 is 22.3 Å². The number of carbonyl (C=O) groups excluding carboxylic acids is 1. The Balaban J connectivity index is 1.53. The molecule has 1 amide bonds. The van der Waals surface area contributed by atoms with Crippen LogP contribution in [0.1, 0.15) is 61.6 Å². The Labute approximate surface area is 240 Å². The smallest absolute Gasteiger partial charge is 0.283 e. The van der Waals surface area contributed by atoms with Crippen LogP contribution in [0.25, 0.3) is 16.7 Å². The highest BCUT2D eigenvalue weighted by molar-refractivity contribution is 7.90. The molecule has 0 unspecified atom stereocenters. The molecule has 222 valence electrons. The summed E-state index contributed by atoms with van der Waals surface area (Å²) in [6.07, 6.45) is 3.43. The van der Waals surface area contributed by atoms with Gasteiger partial charge in [-0.15, -0.1) is 0 Å². The minimum absolute atomic E-state index is 0.00333. The molecule has 2 aliphatic heterocycles. The maximum absolute atomic E-state index is 13.8. The number of anilines is 1. The van der Waals surface area contributed by atoms with Crippen molar-refractivity contribution in [1.29, 1.82) is 0 Å². The van der Waals surface area contributed by atoms with E-state index in [-0.39, 0.29) is 23.2 Å². The Hall–Kier alpha value is -3.09. The van der Waals surface area contributed by atoms with Gasteiger partial charge in [0.25, 0.3) is 5.91 Å². The van der Waals surface area contributed by atoms with E-state index in [1.54, 1.807) is 30.0 Å². The number of hydrogen-bond acceptors (Lipinski definition) is 8. The molecule has 2 fully saturated rings. The number of benzene rings is 1. The maximum Gasteiger partial charge on any atom is 0.283 e. The standard InChI is InChI=1S/C29H39FN6O4S/c1-20(2)27-26-25(35-15-10-21(11-16-35)19-40-3)18-24(29(37)33-41(38,39)17-5-14-34-12-4-13-34)31-28(26)36(32-27)23-8-6-22(30)7-9-23/h6-9,18,20-21H,4-5,10-17,19H2,1-3H3,(H,33,37). The van der Waals surface area contributed by atoms with E-state index in [9.17, 15) is 17.6 Å². The van der Waals surface area contributed by atoms with Crippen molar-refractivity contribution in [3.8, 4) is 5.69 Å². The SMILES string of the molecule is COCC1CCN(c2cc(C(=O)NS(=O)(=O)CCCN3CCC3)nc3c2c(C(C)C)nn3-c2ccc(F)cc2)CC1. The molecule has 1 aromatic carbocycles. The van der Waals surface area contributed by atoms with E-state index < -0.39 is 15.9 Å². The number of nitrogens with one attached hydrogen (secondary N) is 1. The zero-order chi connectivity index (χ0) is 29.1. The minimum atomic E-state index is -3.85. The first-order chi connectivity index (χ1) is 19.6. The van der Waals surface area contributed by atoms with Gasteiger partial charge in [-0.1, -0.05) is 13.8 Å². The second-order valence-electron chi connectivity index (χ2n) is 11.3. The van der Waals surface area contributed by atoms with Crippen molar-refractivity contribution in [3.05, 3.63) is 47.5 Å². The van der Waals surface area contributed by atoms with Crippen LogP contribution in [0.4, 0.5) is 10.1 Å². The van der Waals surface area contributed by atoms with E-state index in [0.29, 0.717) is 36.8 Å². The molecule has 10 nitrogen and oxygen atoms in total. The first kappa shape index (κ1) is 29.4. The molecule has 41 heavy (non-hydrogen) atoms. The molecule has 5 rings (SSSR count). The predicted octanol–water partition coefficient (Wildman–Crippen LogP) is 3.70. The Bertz CT molecular complexity index is 1480. The van der Waals surface area contributed by atoms with Gasteiger partial charge in [0.2, 0.25) is 10.0 Å². The van der Waals surface area contributed by atoms with Gasteiger partial charge in [0.1, 0.15) is 11.5 Å². The zero-order valence-electron chi connectivity index (χ0n) is 24.0. The summed E-state index contributed by atoms with van der Waals surface area (Å²) in [5.41, 5.74) is 2.62. The molecule has 0 bridgehead atoms. The van der Waals surface area contributed by atoms with E-state index in [4.69, 9.17) is 9.84 Å². The van der Waals surface area contributed by atoms with Crippen LogP contribution in [0.15, 0.2) is 30.3 Å². The van der Waals surface area contributed by atoms with Crippen molar-refractivity contribution in [2.75, 3.05) is 57.1 Å². The molecule has 3 aromatic rings. The fraction of sp³-hybridized carbons (Fsp3) is 0.552. The summed E-state index contributed by atoms with van der Waals surface area (Å²) in [6.45, 7) is 8.95. The number of hydrogen-bond donors (Lipinski definition) is 1. The van der Waals surface area contributed by atoms with Gasteiger partial charge < -0.3 is 14.5 Å². The molecule has 2 aromatic heterocycles. The van der Waals surface area contributed by atoms with Gasteiger partial charge in [0.05, 0.1) is 28.2 Å². The van der Waals surface area contributed by atoms with Crippen molar-refractivity contribution in [2.24, 2.45) is 5.92 Å². The Morgan fingerprint density at radius 3 is 2.46 bits per heavy atom. The average Bonchev–Trinajstić information content (AvgIpc) is 3.30. The second-order valence-corrected chi connectivity index (χ2v) is 13.2. The number of nitrogens with zero attached hydrogens (tertiary/aromatic N) is 5. The van der Waals surface area contributed by atoms with Gasteiger partial charge in [-0.2, -0.15) is 5.10 Å². The quantitative estimate of drug-likeness (QED) is 0.362. The van der Waals surface area contributed by atoms with Gasteiger partial charge in [-0.25, -0.2) is 27.2 Å². The molecule has 12 heteroatoms.